The number of carboxylic acid groups (broad SMARTS) is 1. The van der Waals surface area contributed by atoms with Gasteiger partial charge >= 0.3 is 6.09 Å². The van der Waals surface area contributed by atoms with E-state index < -0.39 is 6.09 Å². The highest BCUT2D eigenvalue weighted by Crippen LogP contribution is 2.16. The van der Waals surface area contributed by atoms with Crippen molar-refractivity contribution in [1.29, 1.82) is 0 Å². The van der Waals surface area contributed by atoms with Gasteiger partial charge in [-0.15, -0.1) is 0 Å². The number of carbonyl (C=O) groups is 2. The molecular weight excluding hydrogens is 356 g/mol. The summed E-state index contributed by atoms with van der Waals surface area (Å²) in [6, 6.07) is -0.248. The van der Waals surface area contributed by atoms with E-state index in [1.165, 1.54) is 12.0 Å². The first-order valence-electron chi connectivity index (χ1n) is 7.02. The second-order valence-electron chi connectivity index (χ2n) is 5.08. The van der Waals surface area contributed by atoms with Gasteiger partial charge in [-0.3, -0.25) is 4.79 Å². The summed E-state index contributed by atoms with van der Waals surface area (Å²) in [5.74, 6) is -0.0875. The van der Waals surface area contributed by atoms with E-state index in [9.17, 15) is 9.59 Å². The number of nitrogens with zero attached hydrogens (tertiary/aromatic N) is 2. The molecule has 1 aliphatic rings. The Hall–Kier alpha value is -1.61. The van der Waals surface area contributed by atoms with Crippen molar-refractivity contribution >= 4 is 27.9 Å². The number of aromatic nitrogens is 2. The fourth-order valence-electron chi connectivity index (χ4n) is 2.46. The molecule has 1 aromatic rings. The van der Waals surface area contributed by atoms with Crippen LogP contribution >= 0.6 is 15.9 Å². The van der Waals surface area contributed by atoms with Crippen LogP contribution in [0.25, 0.3) is 0 Å². The maximum absolute atomic E-state index is 12.3. The van der Waals surface area contributed by atoms with Crippen molar-refractivity contribution in [2.45, 2.75) is 31.9 Å². The Morgan fingerprint density at radius 2 is 2.32 bits per heavy atom. The minimum absolute atomic E-state index is 0.235. The first-order chi connectivity index (χ1) is 10.5. The standard InChI is InChI=1S/C13H19BrN4O4/c1-3-7-10(14)17-11(15-7)12(19)16-8-4-5-18(13(20)21)6-9(8)22-2/h8-9H,3-6H2,1-2H3,(H,15,17)(H,16,19)(H,20,21). The maximum Gasteiger partial charge on any atom is 0.407 e. The quantitative estimate of drug-likeness (QED) is 0.734. The summed E-state index contributed by atoms with van der Waals surface area (Å²) in [5, 5.41) is 11.9. The van der Waals surface area contributed by atoms with Crippen LogP contribution in [0.4, 0.5) is 4.79 Å². The maximum atomic E-state index is 12.3. The van der Waals surface area contributed by atoms with Crippen LogP contribution in [-0.4, -0.2) is 64.3 Å². The third-order valence-corrected chi connectivity index (χ3v) is 4.40. The van der Waals surface area contributed by atoms with Crippen LogP contribution in [0.1, 0.15) is 29.7 Å². The van der Waals surface area contributed by atoms with Gasteiger partial charge in [0.25, 0.3) is 5.91 Å². The van der Waals surface area contributed by atoms with Crippen molar-refractivity contribution in [2.24, 2.45) is 0 Å². The Morgan fingerprint density at radius 1 is 1.59 bits per heavy atom. The van der Waals surface area contributed by atoms with Gasteiger partial charge in [0, 0.05) is 19.3 Å². The molecule has 1 aromatic heterocycles. The predicted molar refractivity (Wildman–Crippen MR) is 81.9 cm³/mol. The molecule has 0 saturated carbocycles. The van der Waals surface area contributed by atoms with Crippen LogP contribution in [0.5, 0.6) is 0 Å². The molecular formula is C13H19BrN4O4. The van der Waals surface area contributed by atoms with Crippen LogP contribution in [0.3, 0.4) is 0 Å². The zero-order valence-corrected chi connectivity index (χ0v) is 14.0. The summed E-state index contributed by atoms with van der Waals surface area (Å²) in [6.07, 6.45) is -0.121. The second kappa shape index (κ2) is 7.10. The van der Waals surface area contributed by atoms with Gasteiger partial charge in [0.1, 0.15) is 4.60 Å². The van der Waals surface area contributed by atoms with Gasteiger partial charge in [-0.05, 0) is 28.8 Å². The van der Waals surface area contributed by atoms with E-state index in [-0.39, 0.29) is 30.4 Å². The second-order valence-corrected chi connectivity index (χ2v) is 5.83. The van der Waals surface area contributed by atoms with E-state index in [0.717, 1.165) is 12.1 Å². The number of hydrogen-bond donors (Lipinski definition) is 3. The van der Waals surface area contributed by atoms with E-state index in [4.69, 9.17) is 9.84 Å². The number of amides is 2. The van der Waals surface area contributed by atoms with Gasteiger partial charge in [-0.2, -0.15) is 0 Å². The van der Waals surface area contributed by atoms with Gasteiger partial charge in [0.15, 0.2) is 5.82 Å². The number of H-pyrrole nitrogens is 1. The summed E-state index contributed by atoms with van der Waals surface area (Å²) < 4.78 is 5.94. The van der Waals surface area contributed by atoms with Crippen LogP contribution in [-0.2, 0) is 11.2 Å². The van der Waals surface area contributed by atoms with Gasteiger partial charge in [0.05, 0.1) is 18.7 Å². The Labute approximate surface area is 136 Å². The van der Waals surface area contributed by atoms with Crippen molar-refractivity contribution < 1.29 is 19.4 Å². The molecule has 2 atom stereocenters. The zero-order valence-electron chi connectivity index (χ0n) is 12.4. The number of imidazole rings is 1. The number of methoxy groups -OCH3 is 1. The summed E-state index contributed by atoms with van der Waals surface area (Å²) in [7, 11) is 1.51. The number of likely N-dealkylation sites (tertiary alicyclic amines) is 1. The van der Waals surface area contributed by atoms with Crippen molar-refractivity contribution in [2.75, 3.05) is 20.2 Å². The summed E-state index contributed by atoms with van der Waals surface area (Å²) in [4.78, 5) is 31.7. The molecule has 8 nitrogen and oxygen atoms in total. The molecule has 0 spiro atoms. The molecule has 2 rings (SSSR count). The van der Waals surface area contributed by atoms with Gasteiger partial charge in [-0.1, -0.05) is 6.92 Å². The fraction of sp³-hybridized carbons (Fsp3) is 0.615. The highest BCUT2D eigenvalue weighted by molar-refractivity contribution is 9.10. The number of piperidine rings is 1. The highest BCUT2D eigenvalue weighted by Gasteiger charge is 2.33. The summed E-state index contributed by atoms with van der Waals surface area (Å²) >= 11 is 3.30. The Bertz CT molecular complexity index is 562. The average Bonchev–Trinajstić information content (AvgIpc) is 2.88. The van der Waals surface area contributed by atoms with Gasteiger partial charge in [0.2, 0.25) is 0 Å². The molecule has 0 radical (unpaired) electrons. The van der Waals surface area contributed by atoms with Crippen LogP contribution in [0, 0.1) is 0 Å². The molecule has 22 heavy (non-hydrogen) atoms. The number of aryl methyl sites for hydroxylation is 1. The highest BCUT2D eigenvalue weighted by atomic mass is 79.9. The SMILES string of the molecule is CCc1[nH]c(C(=O)NC2CCN(C(=O)O)CC2OC)nc1Br. The number of hydrogen-bond acceptors (Lipinski definition) is 4. The number of halogens is 1. The molecule has 122 valence electrons. The number of rotatable bonds is 4. The first-order valence-corrected chi connectivity index (χ1v) is 7.81. The van der Waals surface area contributed by atoms with Crippen LogP contribution < -0.4 is 5.32 Å². The lowest BCUT2D eigenvalue weighted by Crippen LogP contribution is -2.55. The molecule has 2 unspecified atom stereocenters. The Kier molecular flexibility index (Phi) is 5.41. The van der Waals surface area contributed by atoms with Crippen molar-refractivity contribution in [3.63, 3.8) is 0 Å². The van der Waals surface area contributed by atoms with Gasteiger partial charge in [-0.25, -0.2) is 9.78 Å². The van der Waals surface area contributed by atoms with Crippen LogP contribution in [0.15, 0.2) is 4.60 Å². The van der Waals surface area contributed by atoms with E-state index in [0.29, 0.717) is 17.6 Å². The average molecular weight is 375 g/mol. The normalized spacial score (nSPS) is 21.7. The summed E-state index contributed by atoms with van der Waals surface area (Å²) in [5.41, 5.74) is 0.856. The molecule has 1 aliphatic heterocycles. The molecule has 0 bridgehead atoms. The third-order valence-electron chi connectivity index (χ3n) is 3.75. The Morgan fingerprint density at radius 3 is 2.86 bits per heavy atom. The van der Waals surface area contributed by atoms with Crippen molar-refractivity contribution in [3.8, 4) is 0 Å². The monoisotopic (exact) mass is 374 g/mol. The summed E-state index contributed by atoms with van der Waals surface area (Å²) in [6.45, 7) is 2.56. The smallest absolute Gasteiger partial charge is 0.407 e. The molecule has 3 N–H and O–H groups in total. The minimum atomic E-state index is -0.977. The number of carbonyl (C=O) groups excluding carboxylic acids is 1. The molecule has 2 amide bonds. The van der Waals surface area contributed by atoms with Crippen molar-refractivity contribution in [1.82, 2.24) is 20.2 Å². The van der Waals surface area contributed by atoms with E-state index in [2.05, 4.69) is 31.2 Å². The Balaban J connectivity index is 2.02. The first kappa shape index (κ1) is 16.8. The van der Waals surface area contributed by atoms with E-state index in [1.807, 2.05) is 6.92 Å². The fourth-order valence-corrected chi connectivity index (χ4v) is 3.02. The molecule has 9 heteroatoms. The van der Waals surface area contributed by atoms with Gasteiger partial charge < -0.3 is 25.0 Å². The molecule has 2 heterocycles. The number of aromatic amines is 1. The minimum Gasteiger partial charge on any atom is -0.465 e. The molecule has 0 aromatic carbocycles. The third kappa shape index (κ3) is 3.58. The lowest BCUT2D eigenvalue weighted by Gasteiger charge is -2.36. The number of nitrogens with one attached hydrogen (secondary N) is 2. The molecule has 1 fully saturated rings. The van der Waals surface area contributed by atoms with E-state index in [1.54, 1.807) is 0 Å². The largest absolute Gasteiger partial charge is 0.465 e. The predicted octanol–water partition coefficient (Wildman–Crippen LogP) is 1.23. The lowest BCUT2D eigenvalue weighted by atomic mass is 10.0. The zero-order chi connectivity index (χ0) is 16.3. The van der Waals surface area contributed by atoms with Crippen LogP contribution in [0.2, 0.25) is 0 Å². The lowest BCUT2D eigenvalue weighted by molar-refractivity contribution is 0.0100. The van der Waals surface area contributed by atoms with Crippen molar-refractivity contribution in [3.05, 3.63) is 16.1 Å². The molecule has 0 aliphatic carbocycles. The van der Waals surface area contributed by atoms with E-state index >= 15 is 0 Å². The number of ether oxygens (including phenoxy) is 1. The molecule has 1 saturated heterocycles. The topological polar surface area (TPSA) is 108 Å².